The predicted octanol–water partition coefficient (Wildman–Crippen LogP) is 3.82. The van der Waals surface area contributed by atoms with Gasteiger partial charge in [-0.2, -0.15) is 8.78 Å². The number of hydrogen-bond acceptors (Lipinski definition) is 5. The summed E-state index contributed by atoms with van der Waals surface area (Å²) >= 11 is 5.28. The minimum absolute atomic E-state index is 0.0763. The summed E-state index contributed by atoms with van der Waals surface area (Å²) in [4.78, 5) is 12.6. The largest absolute Gasteiger partial charge is 0.490 e. The molecule has 1 aromatic rings. The number of hydrogen-bond donors (Lipinski definition) is 2. The maximum Gasteiger partial charge on any atom is 0.387 e. The first kappa shape index (κ1) is 21.9. The van der Waals surface area contributed by atoms with Crippen LogP contribution in [0.3, 0.4) is 0 Å². The smallest absolute Gasteiger partial charge is 0.387 e. The molecule has 1 aliphatic rings. The Morgan fingerprint density at radius 1 is 1.21 bits per heavy atom. The number of thiocarbonyl (C=S) groups is 1. The Bertz CT molecular complexity index is 755. The second kappa shape index (κ2) is 10.2. The molecule has 0 aromatic heterocycles. The fourth-order valence-corrected chi connectivity index (χ4v) is 3.17. The number of alkyl halides is 2. The van der Waals surface area contributed by atoms with E-state index in [1.807, 2.05) is 6.92 Å². The molecule has 2 N–H and O–H groups in total. The highest BCUT2D eigenvalue weighted by Crippen LogP contribution is 2.36. The molecule has 2 rings (SSSR count). The highest BCUT2D eigenvalue weighted by atomic mass is 32.1. The summed E-state index contributed by atoms with van der Waals surface area (Å²) in [6, 6.07) is 3.94. The van der Waals surface area contributed by atoms with Crippen molar-refractivity contribution in [2.45, 2.75) is 46.3 Å². The maximum absolute atomic E-state index is 12.7. The van der Waals surface area contributed by atoms with Crippen LogP contribution in [0.15, 0.2) is 29.5 Å². The molecule has 0 fully saturated rings. The van der Waals surface area contributed by atoms with Crippen LogP contribution in [0, 0.1) is 0 Å². The zero-order chi connectivity index (χ0) is 20.7. The second-order valence-corrected chi connectivity index (χ2v) is 6.32. The van der Waals surface area contributed by atoms with Crippen LogP contribution in [-0.2, 0) is 9.53 Å². The molecule has 0 unspecified atom stereocenters. The van der Waals surface area contributed by atoms with Gasteiger partial charge in [-0.3, -0.25) is 0 Å². The molecule has 154 valence electrons. The van der Waals surface area contributed by atoms with Crippen molar-refractivity contribution in [2.24, 2.45) is 0 Å². The molecule has 0 saturated heterocycles. The van der Waals surface area contributed by atoms with Crippen LogP contribution in [-0.4, -0.2) is 30.9 Å². The van der Waals surface area contributed by atoms with Gasteiger partial charge in [0.2, 0.25) is 0 Å². The fourth-order valence-electron chi connectivity index (χ4n) is 2.93. The van der Waals surface area contributed by atoms with Crippen LogP contribution in [0.2, 0.25) is 0 Å². The second-order valence-electron chi connectivity index (χ2n) is 5.91. The van der Waals surface area contributed by atoms with E-state index in [9.17, 15) is 13.6 Å². The van der Waals surface area contributed by atoms with E-state index in [4.69, 9.17) is 21.7 Å². The highest BCUT2D eigenvalue weighted by molar-refractivity contribution is 7.80. The number of allylic oxidation sites excluding steroid dienone is 1. The quantitative estimate of drug-likeness (QED) is 0.470. The molecule has 0 amide bonds. The van der Waals surface area contributed by atoms with Gasteiger partial charge in [-0.15, -0.1) is 0 Å². The van der Waals surface area contributed by atoms with Crippen molar-refractivity contribution in [1.29, 1.82) is 0 Å². The van der Waals surface area contributed by atoms with Crippen molar-refractivity contribution in [3.05, 3.63) is 35.0 Å². The fraction of sp³-hybridized carbons (Fsp3) is 0.474. The van der Waals surface area contributed by atoms with Crippen molar-refractivity contribution in [1.82, 2.24) is 10.6 Å². The third kappa shape index (κ3) is 5.31. The summed E-state index contributed by atoms with van der Waals surface area (Å²) in [6.45, 7) is 2.97. The molecular formula is C19H24F2N2O4S. The maximum atomic E-state index is 12.7. The van der Waals surface area contributed by atoms with E-state index >= 15 is 0 Å². The minimum Gasteiger partial charge on any atom is -0.490 e. The Morgan fingerprint density at radius 2 is 1.96 bits per heavy atom. The Kier molecular flexibility index (Phi) is 7.98. The molecule has 0 saturated carbocycles. The van der Waals surface area contributed by atoms with Gasteiger partial charge in [-0.25, -0.2) is 4.79 Å². The zero-order valence-corrected chi connectivity index (χ0v) is 16.8. The van der Waals surface area contributed by atoms with Gasteiger partial charge in [0, 0.05) is 5.70 Å². The standard InChI is InChI=1S/C19H24F2N2O4S/c1-4-7-12-15(17(24)26-6-3)16(23-19(28)22-12)11-8-9-13(27-18(20)21)14(10-11)25-5-2/h8-10,16,18H,4-7H2,1-3H3,(H2,22,23,28)/t16-/m1/s1. The monoisotopic (exact) mass is 414 g/mol. The van der Waals surface area contributed by atoms with Crippen molar-refractivity contribution in [3.8, 4) is 11.5 Å². The van der Waals surface area contributed by atoms with Gasteiger partial charge >= 0.3 is 12.6 Å². The van der Waals surface area contributed by atoms with Gasteiger partial charge in [0.15, 0.2) is 16.6 Å². The number of benzene rings is 1. The average molecular weight is 414 g/mol. The van der Waals surface area contributed by atoms with Crippen LogP contribution in [0.1, 0.15) is 45.2 Å². The molecule has 0 radical (unpaired) electrons. The summed E-state index contributed by atoms with van der Waals surface area (Å²) < 4.78 is 40.5. The number of carbonyl (C=O) groups excluding carboxylic acids is 1. The molecule has 0 spiro atoms. The van der Waals surface area contributed by atoms with Gasteiger partial charge in [0.25, 0.3) is 0 Å². The van der Waals surface area contributed by atoms with Crippen LogP contribution in [0.4, 0.5) is 8.78 Å². The molecule has 1 atom stereocenters. The first-order chi connectivity index (χ1) is 13.4. The molecule has 6 nitrogen and oxygen atoms in total. The Hall–Kier alpha value is -2.42. The summed E-state index contributed by atoms with van der Waals surface area (Å²) in [7, 11) is 0. The Labute approximate surface area is 168 Å². The van der Waals surface area contributed by atoms with E-state index in [1.54, 1.807) is 26.0 Å². The highest BCUT2D eigenvalue weighted by Gasteiger charge is 2.32. The van der Waals surface area contributed by atoms with Crippen molar-refractivity contribution in [3.63, 3.8) is 0 Å². The number of ether oxygens (including phenoxy) is 3. The topological polar surface area (TPSA) is 68.8 Å². The lowest BCUT2D eigenvalue weighted by atomic mass is 9.93. The molecule has 0 aliphatic carbocycles. The Morgan fingerprint density at radius 3 is 2.57 bits per heavy atom. The third-order valence-electron chi connectivity index (χ3n) is 3.97. The molecular weight excluding hydrogens is 390 g/mol. The van der Waals surface area contributed by atoms with E-state index in [1.165, 1.54) is 6.07 Å². The number of halogens is 2. The molecule has 28 heavy (non-hydrogen) atoms. The summed E-state index contributed by atoms with van der Waals surface area (Å²) in [6.07, 6.45) is 1.41. The van der Waals surface area contributed by atoms with Crippen LogP contribution < -0.4 is 20.1 Å². The van der Waals surface area contributed by atoms with Gasteiger partial charge < -0.3 is 24.8 Å². The van der Waals surface area contributed by atoms with E-state index in [2.05, 4.69) is 15.4 Å². The molecule has 1 heterocycles. The van der Waals surface area contributed by atoms with Crippen LogP contribution in [0.5, 0.6) is 11.5 Å². The predicted molar refractivity (Wildman–Crippen MR) is 104 cm³/mol. The lowest BCUT2D eigenvalue weighted by Crippen LogP contribution is -2.45. The SMILES string of the molecule is CCCC1=C(C(=O)OCC)[C@@H](c2ccc(OC(F)F)c(OCC)c2)NC(=S)N1. The number of nitrogens with one attached hydrogen (secondary N) is 2. The van der Waals surface area contributed by atoms with E-state index in [0.717, 1.165) is 6.42 Å². The van der Waals surface area contributed by atoms with Crippen molar-refractivity contribution in [2.75, 3.05) is 13.2 Å². The first-order valence-electron chi connectivity index (χ1n) is 9.10. The van der Waals surface area contributed by atoms with Gasteiger partial charge in [-0.1, -0.05) is 19.4 Å². The molecule has 1 aliphatic heterocycles. The average Bonchev–Trinajstić information content (AvgIpc) is 2.63. The third-order valence-corrected chi connectivity index (χ3v) is 4.19. The summed E-state index contributed by atoms with van der Waals surface area (Å²) in [5.41, 5.74) is 1.70. The van der Waals surface area contributed by atoms with Gasteiger partial charge in [0.05, 0.1) is 24.8 Å². The van der Waals surface area contributed by atoms with E-state index in [-0.39, 0.29) is 24.7 Å². The lowest BCUT2D eigenvalue weighted by Gasteiger charge is -2.31. The van der Waals surface area contributed by atoms with Crippen LogP contribution >= 0.6 is 12.2 Å². The first-order valence-corrected chi connectivity index (χ1v) is 9.51. The minimum atomic E-state index is -2.97. The van der Waals surface area contributed by atoms with E-state index in [0.29, 0.717) is 28.4 Å². The van der Waals surface area contributed by atoms with Crippen molar-refractivity contribution >= 4 is 23.3 Å². The summed E-state index contributed by atoms with van der Waals surface area (Å²) in [5, 5.41) is 6.45. The van der Waals surface area contributed by atoms with Gasteiger partial charge in [0.1, 0.15) is 0 Å². The lowest BCUT2D eigenvalue weighted by molar-refractivity contribution is -0.139. The Balaban J connectivity index is 2.51. The number of esters is 1. The summed E-state index contributed by atoms with van der Waals surface area (Å²) in [5.74, 6) is -0.385. The molecule has 0 bridgehead atoms. The van der Waals surface area contributed by atoms with E-state index < -0.39 is 18.6 Å². The number of carbonyl (C=O) groups is 1. The van der Waals surface area contributed by atoms with Crippen LogP contribution in [0.25, 0.3) is 0 Å². The molecule has 1 aromatic carbocycles. The molecule has 9 heteroatoms. The normalized spacial score (nSPS) is 16.5. The number of rotatable bonds is 9. The zero-order valence-electron chi connectivity index (χ0n) is 16.0. The van der Waals surface area contributed by atoms with Gasteiger partial charge in [-0.05, 0) is 50.2 Å². The van der Waals surface area contributed by atoms with Crippen molar-refractivity contribution < 1.29 is 27.8 Å².